The predicted octanol–water partition coefficient (Wildman–Crippen LogP) is 4.46. The van der Waals surface area contributed by atoms with Crippen molar-refractivity contribution < 1.29 is 19.4 Å². The average Bonchev–Trinajstić information content (AvgIpc) is 3.04. The summed E-state index contributed by atoms with van der Waals surface area (Å²) in [6, 6.07) is 6.69. The van der Waals surface area contributed by atoms with Gasteiger partial charge in [-0.3, -0.25) is 14.6 Å². The van der Waals surface area contributed by atoms with Crippen LogP contribution in [-0.4, -0.2) is 39.8 Å². The van der Waals surface area contributed by atoms with E-state index < -0.39 is 17.7 Å². The molecule has 1 aromatic heterocycles. The monoisotopic (exact) mass is 420 g/mol. The molecule has 1 atom stereocenters. The van der Waals surface area contributed by atoms with Crippen LogP contribution in [0.15, 0.2) is 42.2 Å². The highest BCUT2D eigenvalue weighted by Crippen LogP contribution is 2.44. The third kappa shape index (κ3) is 3.71. The van der Waals surface area contributed by atoms with Crippen LogP contribution in [0.4, 0.5) is 0 Å². The topological polar surface area (TPSA) is 79.7 Å². The summed E-state index contributed by atoms with van der Waals surface area (Å²) < 4.78 is 5.54. The van der Waals surface area contributed by atoms with Crippen molar-refractivity contribution in [2.75, 3.05) is 7.11 Å². The Balaban J connectivity index is 1.93. The van der Waals surface area contributed by atoms with Crippen LogP contribution in [0.2, 0.25) is 0 Å². The minimum absolute atomic E-state index is 0.0187. The quantitative estimate of drug-likeness (QED) is 0.449. The van der Waals surface area contributed by atoms with Crippen molar-refractivity contribution in [1.29, 1.82) is 0 Å². The van der Waals surface area contributed by atoms with Crippen molar-refractivity contribution in [3.05, 3.63) is 64.5 Å². The van der Waals surface area contributed by atoms with Crippen LogP contribution in [-0.2, 0) is 9.59 Å². The molecule has 1 N–H and O–H groups in total. The largest absolute Gasteiger partial charge is 0.507 e. The fourth-order valence-electron chi connectivity index (χ4n) is 5.01. The van der Waals surface area contributed by atoms with Crippen LogP contribution in [0.25, 0.3) is 5.76 Å². The van der Waals surface area contributed by atoms with Gasteiger partial charge in [-0.1, -0.05) is 25.3 Å². The number of hydrogen-bond donors (Lipinski definition) is 1. The van der Waals surface area contributed by atoms with E-state index in [2.05, 4.69) is 4.98 Å². The number of amides is 1. The second-order valence-corrected chi connectivity index (χ2v) is 8.44. The van der Waals surface area contributed by atoms with Crippen molar-refractivity contribution in [2.45, 2.75) is 58.0 Å². The molecule has 31 heavy (non-hydrogen) atoms. The van der Waals surface area contributed by atoms with Gasteiger partial charge in [0.2, 0.25) is 0 Å². The normalized spacial score (nSPS) is 21.5. The number of rotatable bonds is 4. The maximum absolute atomic E-state index is 13.3. The Morgan fingerprint density at radius 1 is 1.10 bits per heavy atom. The number of ketones is 1. The van der Waals surface area contributed by atoms with Crippen molar-refractivity contribution in [1.82, 2.24) is 9.88 Å². The van der Waals surface area contributed by atoms with E-state index in [0.29, 0.717) is 11.3 Å². The lowest BCUT2D eigenvalue weighted by Gasteiger charge is -2.35. The van der Waals surface area contributed by atoms with Gasteiger partial charge in [-0.15, -0.1) is 0 Å². The fraction of sp³-hybridized carbons (Fsp3) is 0.400. The molecule has 1 unspecified atom stereocenters. The first kappa shape index (κ1) is 21.1. The van der Waals surface area contributed by atoms with Gasteiger partial charge in [0.15, 0.2) is 0 Å². The van der Waals surface area contributed by atoms with E-state index in [9.17, 15) is 14.7 Å². The predicted molar refractivity (Wildman–Crippen MR) is 118 cm³/mol. The lowest BCUT2D eigenvalue weighted by molar-refractivity contribution is -0.141. The number of Topliss-reactive ketones (excluding diaryl/α,β-unsaturated/α-hetero) is 1. The molecule has 0 bridgehead atoms. The number of carbonyl (C=O) groups is 2. The highest BCUT2D eigenvalue weighted by atomic mass is 16.5. The van der Waals surface area contributed by atoms with E-state index in [1.165, 1.54) is 7.11 Å². The number of aryl methyl sites for hydroxylation is 2. The summed E-state index contributed by atoms with van der Waals surface area (Å²) in [6.07, 6.45) is 8.22. The molecule has 2 fully saturated rings. The molecular weight excluding hydrogens is 392 g/mol. The van der Waals surface area contributed by atoms with Gasteiger partial charge in [0, 0.05) is 18.4 Å². The van der Waals surface area contributed by atoms with Gasteiger partial charge in [-0.2, -0.15) is 0 Å². The Labute approximate surface area is 182 Å². The summed E-state index contributed by atoms with van der Waals surface area (Å²) in [7, 11) is 1.54. The van der Waals surface area contributed by atoms with E-state index in [4.69, 9.17) is 4.74 Å². The SMILES string of the molecule is COc1c(C)cc(C)cc1/C(O)=C1\C(=O)C(=O)N(C2CCCCC2)C1c1ccncc1. The van der Waals surface area contributed by atoms with Crippen molar-refractivity contribution >= 4 is 17.4 Å². The number of aromatic nitrogens is 1. The number of nitrogens with zero attached hydrogens (tertiary/aromatic N) is 2. The highest BCUT2D eigenvalue weighted by Gasteiger charge is 2.49. The maximum atomic E-state index is 13.3. The first-order valence-corrected chi connectivity index (χ1v) is 10.8. The maximum Gasteiger partial charge on any atom is 0.295 e. The second kappa shape index (κ2) is 8.53. The zero-order valence-corrected chi connectivity index (χ0v) is 18.2. The fourth-order valence-corrected chi connectivity index (χ4v) is 5.01. The Hall–Kier alpha value is -3.15. The van der Waals surface area contributed by atoms with Crippen molar-refractivity contribution in [3.8, 4) is 5.75 Å². The minimum atomic E-state index is -0.647. The van der Waals surface area contributed by atoms with Crippen LogP contribution in [0, 0.1) is 13.8 Å². The number of hydrogen-bond acceptors (Lipinski definition) is 5. The van der Waals surface area contributed by atoms with Gasteiger partial charge in [-0.05, 0) is 61.6 Å². The zero-order chi connectivity index (χ0) is 22.1. The second-order valence-electron chi connectivity index (χ2n) is 8.44. The molecule has 1 saturated carbocycles. The molecule has 162 valence electrons. The molecule has 6 nitrogen and oxygen atoms in total. The van der Waals surface area contributed by atoms with E-state index in [1.54, 1.807) is 35.5 Å². The minimum Gasteiger partial charge on any atom is -0.507 e. The summed E-state index contributed by atoms with van der Waals surface area (Å²) in [4.78, 5) is 32.2. The molecule has 4 rings (SSSR count). The van der Waals surface area contributed by atoms with Gasteiger partial charge in [0.05, 0.1) is 24.3 Å². The summed E-state index contributed by atoms with van der Waals surface area (Å²) in [5.74, 6) is -0.882. The molecule has 1 aliphatic heterocycles. The van der Waals surface area contributed by atoms with Crippen LogP contribution in [0.3, 0.4) is 0 Å². The number of aliphatic hydroxyl groups is 1. The van der Waals surface area contributed by atoms with E-state index >= 15 is 0 Å². The molecule has 6 heteroatoms. The summed E-state index contributed by atoms with van der Waals surface area (Å²) in [5, 5.41) is 11.4. The van der Waals surface area contributed by atoms with Crippen molar-refractivity contribution in [2.24, 2.45) is 0 Å². The summed E-state index contributed by atoms with van der Waals surface area (Å²) in [5.41, 5.74) is 3.10. The average molecular weight is 421 g/mol. The van der Waals surface area contributed by atoms with Crippen molar-refractivity contribution in [3.63, 3.8) is 0 Å². The zero-order valence-electron chi connectivity index (χ0n) is 18.2. The van der Waals surface area contributed by atoms with E-state index in [0.717, 1.165) is 48.8 Å². The number of benzene rings is 1. The molecule has 1 aliphatic carbocycles. The molecule has 1 amide bonds. The molecule has 0 spiro atoms. The standard InChI is InChI=1S/C25H28N2O4/c1-15-13-16(2)24(31-3)19(14-15)22(28)20-21(17-9-11-26-12-10-17)27(25(30)23(20)29)18-7-5-4-6-8-18/h9-14,18,21,28H,4-8H2,1-3H3/b22-20+. The lowest BCUT2D eigenvalue weighted by atomic mass is 9.91. The Kier molecular flexibility index (Phi) is 5.81. The van der Waals surface area contributed by atoms with Gasteiger partial charge in [0.1, 0.15) is 11.5 Å². The number of likely N-dealkylation sites (tertiary alicyclic amines) is 1. The molecule has 1 saturated heterocycles. The van der Waals surface area contributed by atoms with Crippen LogP contribution >= 0.6 is 0 Å². The van der Waals surface area contributed by atoms with E-state index in [1.807, 2.05) is 19.9 Å². The van der Waals surface area contributed by atoms with E-state index in [-0.39, 0.29) is 17.4 Å². The molecule has 1 aromatic carbocycles. The number of ether oxygens (including phenoxy) is 1. The third-order valence-electron chi connectivity index (χ3n) is 6.35. The summed E-state index contributed by atoms with van der Waals surface area (Å²) in [6.45, 7) is 3.81. The molecular formula is C25H28N2O4. The third-order valence-corrected chi connectivity index (χ3v) is 6.35. The Morgan fingerprint density at radius 3 is 2.42 bits per heavy atom. The molecule has 2 aliphatic rings. The smallest absolute Gasteiger partial charge is 0.295 e. The van der Waals surface area contributed by atoms with Gasteiger partial charge in [-0.25, -0.2) is 0 Å². The number of methoxy groups -OCH3 is 1. The number of aliphatic hydroxyl groups excluding tert-OH is 1. The van der Waals surface area contributed by atoms with Gasteiger partial charge >= 0.3 is 0 Å². The Morgan fingerprint density at radius 2 is 1.77 bits per heavy atom. The van der Waals surface area contributed by atoms with Crippen LogP contribution in [0.5, 0.6) is 5.75 Å². The highest BCUT2D eigenvalue weighted by molar-refractivity contribution is 6.46. The summed E-state index contributed by atoms with van der Waals surface area (Å²) >= 11 is 0. The van der Waals surface area contributed by atoms with Crippen LogP contribution < -0.4 is 4.74 Å². The first-order valence-electron chi connectivity index (χ1n) is 10.8. The molecule has 2 aromatic rings. The van der Waals surface area contributed by atoms with Crippen LogP contribution in [0.1, 0.15) is 60.4 Å². The first-order chi connectivity index (χ1) is 14.9. The van der Waals surface area contributed by atoms with Gasteiger partial charge in [0.25, 0.3) is 11.7 Å². The number of pyridine rings is 1. The number of carbonyl (C=O) groups excluding carboxylic acids is 2. The van der Waals surface area contributed by atoms with Gasteiger partial charge < -0.3 is 14.7 Å². The Bertz CT molecular complexity index is 1040. The molecule has 0 radical (unpaired) electrons. The lowest BCUT2D eigenvalue weighted by Crippen LogP contribution is -2.40. The molecule has 2 heterocycles.